The summed E-state index contributed by atoms with van der Waals surface area (Å²) in [5.74, 6) is 0. The van der Waals surface area contributed by atoms with Gasteiger partial charge in [-0.05, 0) is 24.3 Å². The van der Waals surface area contributed by atoms with Gasteiger partial charge in [0.2, 0.25) is 10.3 Å². The molecule has 174 valence electrons. The molecule has 0 aliphatic heterocycles. The second-order valence-corrected chi connectivity index (χ2v) is 13.4. The summed E-state index contributed by atoms with van der Waals surface area (Å²) in [4.78, 5) is 1.22. The van der Waals surface area contributed by atoms with Crippen LogP contribution in [0.3, 0.4) is 0 Å². The molecule has 0 aliphatic carbocycles. The van der Waals surface area contributed by atoms with Crippen molar-refractivity contribution in [1.82, 2.24) is 20.4 Å². The Morgan fingerprint density at radius 2 is 1.15 bits per heavy atom. The summed E-state index contributed by atoms with van der Waals surface area (Å²) >= 11 is 2.61. The minimum absolute atomic E-state index is 0.416. The fourth-order valence-corrected chi connectivity index (χ4v) is 5.25. The SMILES string of the molecule is CN=S(C)(=O)c1ccc(-c2nnc(N)s2)cc1.CS(=N)(=O)c1ccc(-c2nnc(N)s2)cc1. The van der Waals surface area contributed by atoms with Crippen LogP contribution in [0.25, 0.3) is 21.1 Å². The molecule has 0 fully saturated rings. The topological polar surface area (TPSA) is 174 Å². The molecule has 2 unspecified atom stereocenters. The molecule has 4 aromatic rings. The molecule has 0 bridgehead atoms. The number of nitrogen functional groups attached to an aromatic ring is 2. The molecule has 0 radical (unpaired) electrons. The van der Waals surface area contributed by atoms with E-state index in [4.69, 9.17) is 16.2 Å². The van der Waals surface area contributed by atoms with Gasteiger partial charge in [-0.25, -0.2) is 17.6 Å². The first-order chi connectivity index (χ1) is 15.5. The summed E-state index contributed by atoms with van der Waals surface area (Å²) < 4.78 is 34.8. The first kappa shape index (κ1) is 24.7. The summed E-state index contributed by atoms with van der Waals surface area (Å²) in [6.07, 6.45) is 3.01. The predicted octanol–water partition coefficient (Wildman–Crippen LogP) is 3.70. The van der Waals surface area contributed by atoms with Gasteiger partial charge in [-0.2, -0.15) is 0 Å². The Bertz CT molecular complexity index is 1470. The van der Waals surface area contributed by atoms with Crippen molar-refractivity contribution in [2.24, 2.45) is 4.36 Å². The van der Waals surface area contributed by atoms with Crippen LogP contribution in [0.4, 0.5) is 10.3 Å². The third-order valence-corrected chi connectivity index (χ3v) is 8.94. The van der Waals surface area contributed by atoms with Crippen molar-refractivity contribution in [2.75, 3.05) is 31.0 Å². The van der Waals surface area contributed by atoms with E-state index in [1.807, 2.05) is 12.1 Å². The molecular weight excluding hydrogens is 501 g/mol. The smallest absolute Gasteiger partial charge is 0.203 e. The fourth-order valence-electron chi connectivity index (χ4n) is 2.52. The Labute approximate surface area is 200 Å². The van der Waals surface area contributed by atoms with E-state index in [-0.39, 0.29) is 0 Å². The zero-order chi connectivity index (χ0) is 24.2. The number of benzene rings is 2. The molecular formula is C19H22N8O2S4. The number of anilines is 2. The maximum atomic E-state index is 12.0. The third-order valence-electron chi connectivity index (χ3n) is 4.32. The molecule has 0 saturated carbocycles. The summed E-state index contributed by atoms with van der Waals surface area (Å²) in [6.45, 7) is 0. The van der Waals surface area contributed by atoms with Crippen molar-refractivity contribution >= 4 is 52.4 Å². The van der Waals surface area contributed by atoms with Gasteiger partial charge in [0.25, 0.3) is 0 Å². The highest BCUT2D eigenvalue weighted by Gasteiger charge is 2.08. The van der Waals surface area contributed by atoms with E-state index in [0.717, 1.165) is 21.1 Å². The lowest BCUT2D eigenvalue weighted by molar-refractivity contribution is 0.678. The Morgan fingerprint density at radius 1 is 0.758 bits per heavy atom. The maximum Gasteiger partial charge on any atom is 0.203 e. The molecule has 5 N–H and O–H groups in total. The van der Waals surface area contributed by atoms with E-state index in [0.29, 0.717) is 20.1 Å². The number of nitrogens with one attached hydrogen (secondary N) is 1. The molecule has 2 heterocycles. The van der Waals surface area contributed by atoms with Crippen LogP contribution in [0, 0.1) is 4.78 Å². The number of hydrogen-bond acceptors (Lipinski definition) is 12. The van der Waals surface area contributed by atoms with Gasteiger partial charge in [-0.15, -0.1) is 20.4 Å². The molecule has 0 saturated heterocycles. The minimum atomic E-state index is -2.65. The highest BCUT2D eigenvalue weighted by molar-refractivity contribution is 7.93. The number of nitrogens with two attached hydrogens (primary N) is 2. The highest BCUT2D eigenvalue weighted by atomic mass is 32.2. The van der Waals surface area contributed by atoms with Crippen molar-refractivity contribution in [3.8, 4) is 21.1 Å². The normalized spacial score (nSPS) is 14.4. The van der Waals surface area contributed by atoms with E-state index in [1.165, 1.54) is 28.9 Å². The highest BCUT2D eigenvalue weighted by Crippen LogP contribution is 2.26. The van der Waals surface area contributed by atoms with Crippen LogP contribution in [0.15, 0.2) is 62.7 Å². The number of aromatic nitrogens is 4. The quantitative estimate of drug-likeness (QED) is 0.363. The van der Waals surface area contributed by atoms with E-state index >= 15 is 0 Å². The second-order valence-electron chi connectivity index (χ2n) is 6.77. The Morgan fingerprint density at radius 3 is 1.45 bits per heavy atom. The van der Waals surface area contributed by atoms with E-state index < -0.39 is 19.5 Å². The zero-order valence-electron chi connectivity index (χ0n) is 18.0. The second kappa shape index (κ2) is 9.91. The van der Waals surface area contributed by atoms with Crippen molar-refractivity contribution in [1.29, 1.82) is 4.78 Å². The van der Waals surface area contributed by atoms with E-state index in [1.54, 1.807) is 49.7 Å². The van der Waals surface area contributed by atoms with Crippen molar-refractivity contribution < 1.29 is 8.42 Å². The summed E-state index contributed by atoms with van der Waals surface area (Å²) in [5, 5.41) is 17.6. The molecule has 2 aromatic carbocycles. The van der Waals surface area contributed by atoms with Crippen LogP contribution in [0.5, 0.6) is 0 Å². The Kier molecular flexibility index (Phi) is 7.41. The first-order valence-electron chi connectivity index (χ1n) is 9.22. The molecule has 2 atom stereocenters. The molecule has 33 heavy (non-hydrogen) atoms. The van der Waals surface area contributed by atoms with Crippen LogP contribution in [-0.2, 0) is 19.5 Å². The van der Waals surface area contributed by atoms with Gasteiger partial charge in [-0.1, -0.05) is 46.9 Å². The van der Waals surface area contributed by atoms with Crippen molar-refractivity contribution in [3.63, 3.8) is 0 Å². The van der Waals surface area contributed by atoms with Gasteiger partial charge in [-0.3, -0.25) is 0 Å². The summed E-state index contributed by atoms with van der Waals surface area (Å²) in [7, 11) is -3.37. The molecule has 2 aromatic heterocycles. The summed E-state index contributed by atoms with van der Waals surface area (Å²) in [5.41, 5.74) is 12.8. The predicted molar refractivity (Wildman–Crippen MR) is 135 cm³/mol. The third kappa shape index (κ3) is 6.31. The lowest BCUT2D eigenvalue weighted by atomic mass is 10.2. The molecule has 10 nitrogen and oxygen atoms in total. The minimum Gasteiger partial charge on any atom is -0.374 e. The Hall–Kier alpha value is -2.94. The summed E-state index contributed by atoms with van der Waals surface area (Å²) in [6, 6.07) is 14.2. The maximum absolute atomic E-state index is 12.0. The molecule has 4 rings (SSSR count). The first-order valence-corrected chi connectivity index (χ1v) is 14.7. The lowest BCUT2D eigenvalue weighted by Gasteiger charge is -2.03. The van der Waals surface area contributed by atoms with Gasteiger partial charge >= 0.3 is 0 Å². The number of nitrogens with zero attached hydrogens (tertiary/aromatic N) is 5. The standard InChI is InChI=1S/C10H12N4OS2.C9H10N4OS2/c1-12-17(2,15)8-5-3-7(4-6-8)9-13-14-10(11)16-9;1-16(11,14)7-4-2-6(3-5-7)8-12-13-9(10)15-8/h3-6H,1-2H3,(H2,11,14);2-5,11H,1H3,(H2,10,13). The van der Waals surface area contributed by atoms with Crippen LogP contribution in [0.2, 0.25) is 0 Å². The monoisotopic (exact) mass is 522 g/mol. The fraction of sp³-hybridized carbons (Fsp3) is 0.158. The van der Waals surface area contributed by atoms with Crippen LogP contribution in [0.1, 0.15) is 0 Å². The van der Waals surface area contributed by atoms with Gasteiger partial charge < -0.3 is 11.5 Å². The Balaban J connectivity index is 0.000000186. The number of rotatable bonds is 4. The van der Waals surface area contributed by atoms with Gasteiger partial charge in [0, 0.05) is 40.5 Å². The van der Waals surface area contributed by atoms with Gasteiger partial charge in [0.05, 0.1) is 19.5 Å². The van der Waals surface area contributed by atoms with Crippen molar-refractivity contribution in [3.05, 3.63) is 48.5 Å². The average molecular weight is 523 g/mol. The molecule has 0 amide bonds. The zero-order valence-corrected chi connectivity index (χ0v) is 21.2. The lowest BCUT2D eigenvalue weighted by Crippen LogP contribution is -1.96. The van der Waals surface area contributed by atoms with E-state index in [2.05, 4.69) is 24.8 Å². The van der Waals surface area contributed by atoms with Crippen LogP contribution in [-0.4, -0.2) is 48.4 Å². The van der Waals surface area contributed by atoms with Crippen LogP contribution >= 0.6 is 22.7 Å². The molecule has 0 spiro atoms. The molecule has 14 heteroatoms. The van der Waals surface area contributed by atoms with Crippen molar-refractivity contribution in [2.45, 2.75) is 9.79 Å². The average Bonchev–Trinajstić information content (AvgIpc) is 3.42. The van der Waals surface area contributed by atoms with Crippen LogP contribution < -0.4 is 11.5 Å². The van der Waals surface area contributed by atoms with Gasteiger partial charge in [0.1, 0.15) is 10.0 Å². The molecule has 0 aliphatic rings. The number of hydrogen-bond donors (Lipinski definition) is 3. The van der Waals surface area contributed by atoms with E-state index in [9.17, 15) is 8.42 Å². The largest absolute Gasteiger partial charge is 0.374 e. The van der Waals surface area contributed by atoms with Gasteiger partial charge in [0.15, 0.2) is 0 Å².